The maximum atomic E-state index is 12.1. The molecule has 8 heteroatoms. The van der Waals surface area contributed by atoms with E-state index in [1.165, 1.54) is 17.8 Å². The lowest BCUT2D eigenvalue weighted by atomic mass is 10.1. The first-order valence-corrected chi connectivity index (χ1v) is 7.60. The predicted octanol–water partition coefficient (Wildman–Crippen LogP) is 0.817. The second-order valence-corrected chi connectivity index (χ2v) is 6.76. The molecule has 0 aromatic carbocycles. The average molecular weight is 304 g/mol. The van der Waals surface area contributed by atoms with E-state index in [1.807, 2.05) is 6.92 Å². The molecule has 114 valence electrons. The molecule has 1 aromatic heterocycles. The fourth-order valence-electron chi connectivity index (χ4n) is 1.69. The number of carboxylic acids is 1. The number of aromatic nitrogens is 1. The van der Waals surface area contributed by atoms with Crippen molar-refractivity contribution in [3.63, 3.8) is 0 Å². The van der Waals surface area contributed by atoms with Gasteiger partial charge in [-0.3, -0.25) is 0 Å². The van der Waals surface area contributed by atoms with Crippen LogP contribution in [0.5, 0.6) is 0 Å². The molecule has 0 spiro atoms. The normalized spacial score (nSPS) is 12.6. The number of carboxylic acid groups (broad SMARTS) is 1. The molecule has 1 aromatic rings. The number of sulfonamides is 1. The van der Waals surface area contributed by atoms with Crippen LogP contribution in [0.25, 0.3) is 0 Å². The van der Waals surface area contributed by atoms with Crippen molar-refractivity contribution in [2.75, 3.05) is 13.2 Å². The van der Waals surface area contributed by atoms with Crippen molar-refractivity contribution in [2.45, 2.75) is 31.3 Å². The maximum Gasteiger partial charge on any atom is 0.352 e. The zero-order chi connectivity index (χ0) is 15.6. The Bertz CT molecular complexity index is 589. The molecule has 0 unspecified atom stereocenters. The van der Waals surface area contributed by atoms with Gasteiger partial charge in [-0.05, 0) is 26.8 Å². The molecule has 0 amide bonds. The van der Waals surface area contributed by atoms with Crippen LogP contribution in [0.1, 0.15) is 31.3 Å². The first-order chi connectivity index (χ1) is 9.09. The number of hydrogen-bond donors (Lipinski definition) is 2. The third-order valence-electron chi connectivity index (χ3n) is 2.73. The molecule has 1 rings (SSSR count). The van der Waals surface area contributed by atoms with Crippen LogP contribution in [-0.2, 0) is 21.8 Å². The summed E-state index contributed by atoms with van der Waals surface area (Å²) in [6.07, 6.45) is 1.26. The Morgan fingerprint density at radius 3 is 2.55 bits per heavy atom. The Morgan fingerprint density at radius 1 is 1.50 bits per heavy atom. The lowest BCUT2D eigenvalue weighted by Gasteiger charge is -2.24. The fraction of sp³-hybridized carbons (Fsp3) is 0.583. The van der Waals surface area contributed by atoms with Crippen LogP contribution in [0.4, 0.5) is 0 Å². The molecule has 0 aliphatic rings. The van der Waals surface area contributed by atoms with Gasteiger partial charge in [-0.25, -0.2) is 17.9 Å². The molecular formula is C12H20N2O5S. The van der Waals surface area contributed by atoms with E-state index >= 15 is 0 Å². The molecular weight excluding hydrogens is 284 g/mol. The number of carbonyl (C=O) groups is 1. The highest BCUT2D eigenvalue weighted by molar-refractivity contribution is 7.89. The molecule has 0 atom stereocenters. The lowest BCUT2D eigenvalue weighted by Crippen LogP contribution is -2.40. The molecule has 0 saturated heterocycles. The van der Waals surface area contributed by atoms with Gasteiger partial charge >= 0.3 is 5.97 Å². The molecule has 0 aliphatic carbocycles. The van der Waals surface area contributed by atoms with Crippen LogP contribution in [0.2, 0.25) is 0 Å². The summed E-state index contributed by atoms with van der Waals surface area (Å²) in [5.41, 5.74) is -0.721. The minimum atomic E-state index is -3.76. The fourth-order valence-corrected chi connectivity index (χ4v) is 2.96. The zero-order valence-electron chi connectivity index (χ0n) is 12.0. The van der Waals surface area contributed by atoms with Crippen LogP contribution in [0, 0.1) is 0 Å². The van der Waals surface area contributed by atoms with Gasteiger partial charge in [0.25, 0.3) is 0 Å². The van der Waals surface area contributed by atoms with E-state index in [1.54, 1.807) is 13.8 Å². The number of nitrogens with one attached hydrogen (secondary N) is 1. The van der Waals surface area contributed by atoms with Gasteiger partial charge in [-0.1, -0.05) is 0 Å². The predicted molar refractivity (Wildman–Crippen MR) is 73.3 cm³/mol. The van der Waals surface area contributed by atoms with Gasteiger partial charge in [-0.2, -0.15) is 0 Å². The topological polar surface area (TPSA) is 97.6 Å². The first kappa shape index (κ1) is 16.7. The minimum Gasteiger partial charge on any atom is -0.477 e. The average Bonchev–Trinajstić information content (AvgIpc) is 2.70. The van der Waals surface area contributed by atoms with Crippen LogP contribution >= 0.6 is 0 Å². The van der Waals surface area contributed by atoms with Crippen LogP contribution in [-0.4, -0.2) is 42.8 Å². The molecule has 7 nitrogen and oxygen atoms in total. The summed E-state index contributed by atoms with van der Waals surface area (Å²) < 4.78 is 33.3. The molecule has 0 saturated carbocycles. The number of nitrogens with zero attached hydrogens (tertiary/aromatic N) is 1. The Hall–Kier alpha value is -1.38. The standard InChI is InChI=1S/C12H20N2O5S/c1-5-19-12(2,3)8-13-20(17,18)9-6-10(11(15)16)14(4)7-9/h6-7,13H,5,8H2,1-4H3,(H,15,16). The van der Waals surface area contributed by atoms with Crippen molar-refractivity contribution < 1.29 is 23.1 Å². The number of aromatic carboxylic acids is 1. The zero-order valence-corrected chi connectivity index (χ0v) is 12.8. The van der Waals surface area contributed by atoms with E-state index < -0.39 is 21.6 Å². The molecule has 0 fully saturated rings. The van der Waals surface area contributed by atoms with Crippen molar-refractivity contribution in [2.24, 2.45) is 7.05 Å². The monoisotopic (exact) mass is 304 g/mol. The highest BCUT2D eigenvalue weighted by Crippen LogP contribution is 2.15. The van der Waals surface area contributed by atoms with E-state index in [4.69, 9.17) is 9.84 Å². The first-order valence-electron chi connectivity index (χ1n) is 6.12. The largest absolute Gasteiger partial charge is 0.477 e. The van der Waals surface area contributed by atoms with Crippen LogP contribution < -0.4 is 4.72 Å². The Labute approximate surface area is 118 Å². The van der Waals surface area contributed by atoms with Crippen molar-refractivity contribution in [3.05, 3.63) is 18.0 Å². The minimum absolute atomic E-state index is 0.0790. The number of aryl methyl sites for hydroxylation is 1. The van der Waals surface area contributed by atoms with Gasteiger partial charge in [-0.15, -0.1) is 0 Å². The third kappa shape index (κ3) is 4.06. The van der Waals surface area contributed by atoms with Crippen LogP contribution in [0.3, 0.4) is 0 Å². The SMILES string of the molecule is CCOC(C)(C)CNS(=O)(=O)c1cc(C(=O)O)n(C)c1. The third-order valence-corrected chi connectivity index (χ3v) is 4.10. The van der Waals surface area contributed by atoms with E-state index in [2.05, 4.69) is 4.72 Å². The van der Waals surface area contributed by atoms with Gasteiger partial charge in [0, 0.05) is 26.4 Å². The van der Waals surface area contributed by atoms with Gasteiger partial charge in [0.05, 0.1) is 5.60 Å². The summed E-state index contributed by atoms with van der Waals surface area (Å²) in [4.78, 5) is 10.8. The maximum absolute atomic E-state index is 12.1. The Balaban J connectivity index is 2.90. The number of hydrogen-bond acceptors (Lipinski definition) is 4. The van der Waals surface area contributed by atoms with Crippen molar-refractivity contribution in [1.82, 2.24) is 9.29 Å². The van der Waals surface area contributed by atoms with Crippen molar-refractivity contribution >= 4 is 16.0 Å². The second kappa shape index (κ2) is 5.94. The van der Waals surface area contributed by atoms with E-state index in [-0.39, 0.29) is 17.1 Å². The quantitative estimate of drug-likeness (QED) is 0.777. The highest BCUT2D eigenvalue weighted by atomic mass is 32.2. The van der Waals surface area contributed by atoms with Crippen molar-refractivity contribution in [1.29, 1.82) is 0 Å². The van der Waals surface area contributed by atoms with E-state index in [9.17, 15) is 13.2 Å². The summed E-state index contributed by atoms with van der Waals surface area (Å²) in [5, 5.41) is 8.92. The second-order valence-electron chi connectivity index (χ2n) is 4.99. The Morgan fingerprint density at radius 2 is 2.10 bits per heavy atom. The molecule has 20 heavy (non-hydrogen) atoms. The molecule has 1 heterocycles. The molecule has 2 N–H and O–H groups in total. The van der Waals surface area contributed by atoms with Crippen LogP contribution in [0.15, 0.2) is 17.2 Å². The molecule has 0 radical (unpaired) electrons. The van der Waals surface area contributed by atoms with Crippen molar-refractivity contribution in [3.8, 4) is 0 Å². The summed E-state index contributed by atoms with van der Waals surface area (Å²) in [7, 11) is -2.28. The summed E-state index contributed by atoms with van der Waals surface area (Å²) in [5.74, 6) is -1.18. The summed E-state index contributed by atoms with van der Waals surface area (Å²) in [6.45, 7) is 5.94. The molecule has 0 bridgehead atoms. The number of rotatable bonds is 7. The molecule has 0 aliphatic heterocycles. The lowest BCUT2D eigenvalue weighted by molar-refractivity contribution is -0.00515. The van der Waals surface area contributed by atoms with Gasteiger partial charge in [0.2, 0.25) is 10.0 Å². The smallest absolute Gasteiger partial charge is 0.352 e. The summed E-state index contributed by atoms with van der Waals surface area (Å²) in [6, 6.07) is 1.12. The highest BCUT2D eigenvalue weighted by Gasteiger charge is 2.24. The van der Waals surface area contributed by atoms with Gasteiger partial charge in [0.1, 0.15) is 10.6 Å². The van der Waals surface area contributed by atoms with Gasteiger partial charge in [0.15, 0.2) is 0 Å². The van der Waals surface area contributed by atoms with Gasteiger partial charge < -0.3 is 14.4 Å². The van der Waals surface area contributed by atoms with E-state index in [0.29, 0.717) is 6.61 Å². The summed E-state index contributed by atoms with van der Waals surface area (Å²) >= 11 is 0. The Kier molecular flexibility index (Phi) is 4.95. The number of ether oxygens (including phenoxy) is 1. The van der Waals surface area contributed by atoms with E-state index in [0.717, 1.165) is 6.07 Å².